The van der Waals surface area contributed by atoms with Gasteiger partial charge in [-0.2, -0.15) is 0 Å². The molecule has 0 unspecified atom stereocenters. The molecule has 6 heteroatoms. The van der Waals surface area contributed by atoms with E-state index in [2.05, 4.69) is 5.32 Å². The average molecular weight is 404 g/mol. The molecule has 154 valence electrons. The van der Waals surface area contributed by atoms with Gasteiger partial charge in [0.25, 0.3) is 5.91 Å². The molecule has 1 fully saturated rings. The fraction of sp³-hybridized carbons (Fsp3) is 0.250. The van der Waals surface area contributed by atoms with E-state index in [-0.39, 0.29) is 31.1 Å². The van der Waals surface area contributed by atoms with Crippen molar-refractivity contribution in [3.63, 3.8) is 0 Å². The normalized spacial score (nSPS) is 16.3. The van der Waals surface area contributed by atoms with Crippen molar-refractivity contribution in [2.45, 2.75) is 6.10 Å². The number of benzene rings is 3. The standard InChI is InChI=1S/C24H24N2O4/c27-23(17-30-21-11-10-18-6-4-5-9-20(18)14-21)25-15-24(28)26-12-13-29-22(16-26)19-7-2-1-3-8-19/h1-11,14,22H,12-13,15-17H2,(H,25,27)/t22-/m1/s1. The fourth-order valence-electron chi connectivity index (χ4n) is 3.49. The van der Waals surface area contributed by atoms with E-state index in [0.29, 0.717) is 25.4 Å². The van der Waals surface area contributed by atoms with Crippen molar-refractivity contribution in [1.82, 2.24) is 10.2 Å². The summed E-state index contributed by atoms with van der Waals surface area (Å²) in [6, 6.07) is 23.5. The molecule has 3 aromatic carbocycles. The number of carbonyl (C=O) groups is 2. The second-order valence-corrected chi connectivity index (χ2v) is 7.18. The zero-order chi connectivity index (χ0) is 20.8. The lowest BCUT2D eigenvalue weighted by Crippen LogP contribution is -2.47. The predicted molar refractivity (Wildman–Crippen MR) is 114 cm³/mol. The molecule has 0 aromatic heterocycles. The zero-order valence-electron chi connectivity index (χ0n) is 16.6. The van der Waals surface area contributed by atoms with E-state index in [9.17, 15) is 9.59 Å². The Kier molecular flexibility index (Phi) is 6.25. The van der Waals surface area contributed by atoms with Gasteiger partial charge in [-0.05, 0) is 28.5 Å². The summed E-state index contributed by atoms with van der Waals surface area (Å²) in [6.45, 7) is 1.28. The van der Waals surface area contributed by atoms with E-state index in [1.54, 1.807) is 4.90 Å². The van der Waals surface area contributed by atoms with Crippen molar-refractivity contribution >= 4 is 22.6 Å². The molecule has 1 aliphatic rings. The van der Waals surface area contributed by atoms with Gasteiger partial charge in [0.05, 0.1) is 19.7 Å². The third-order valence-corrected chi connectivity index (χ3v) is 5.12. The second-order valence-electron chi connectivity index (χ2n) is 7.18. The Hall–Kier alpha value is -3.38. The largest absolute Gasteiger partial charge is 0.484 e. The van der Waals surface area contributed by atoms with Gasteiger partial charge in [-0.3, -0.25) is 9.59 Å². The second kappa shape index (κ2) is 9.41. The molecule has 0 spiro atoms. The van der Waals surface area contributed by atoms with Gasteiger partial charge >= 0.3 is 0 Å². The summed E-state index contributed by atoms with van der Waals surface area (Å²) in [4.78, 5) is 26.4. The molecule has 2 amide bonds. The van der Waals surface area contributed by atoms with E-state index in [0.717, 1.165) is 16.3 Å². The van der Waals surface area contributed by atoms with E-state index in [1.807, 2.05) is 72.8 Å². The molecule has 3 aromatic rings. The maximum absolute atomic E-state index is 12.5. The molecular weight excluding hydrogens is 380 g/mol. The molecule has 0 bridgehead atoms. The first-order chi connectivity index (χ1) is 14.7. The van der Waals surface area contributed by atoms with Crippen LogP contribution in [-0.2, 0) is 14.3 Å². The highest BCUT2D eigenvalue weighted by molar-refractivity contribution is 5.86. The van der Waals surface area contributed by atoms with Crippen LogP contribution in [0.25, 0.3) is 10.8 Å². The maximum atomic E-state index is 12.5. The van der Waals surface area contributed by atoms with Crippen molar-refractivity contribution in [3.8, 4) is 5.75 Å². The monoisotopic (exact) mass is 404 g/mol. The number of rotatable bonds is 6. The first kappa shape index (κ1) is 19.9. The van der Waals surface area contributed by atoms with Crippen LogP contribution >= 0.6 is 0 Å². The van der Waals surface area contributed by atoms with Gasteiger partial charge in [0.15, 0.2) is 6.61 Å². The highest BCUT2D eigenvalue weighted by Crippen LogP contribution is 2.22. The van der Waals surface area contributed by atoms with Gasteiger partial charge in [-0.25, -0.2) is 0 Å². The number of morpholine rings is 1. The minimum atomic E-state index is -0.329. The number of hydrogen-bond acceptors (Lipinski definition) is 4. The van der Waals surface area contributed by atoms with Crippen LogP contribution in [0.2, 0.25) is 0 Å². The number of ether oxygens (including phenoxy) is 2. The molecule has 1 saturated heterocycles. The number of nitrogens with one attached hydrogen (secondary N) is 1. The highest BCUT2D eigenvalue weighted by atomic mass is 16.5. The van der Waals surface area contributed by atoms with Gasteiger partial charge in [0.2, 0.25) is 5.91 Å². The van der Waals surface area contributed by atoms with Crippen LogP contribution in [0.5, 0.6) is 5.75 Å². The topological polar surface area (TPSA) is 67.9 Å². The predicted octanol–water partition coefficient (Wildman–Crippen LogP) is 2.93. The van der Waals surface area contributed by atoms with Crippen LogP contribution in [0, 0.1) is 0 Å². The van der Waals surface area contributed by atoms with Gasteiger partial charge in [0, 0.05) is 6.54 Å². The summed E-state index contributed by atoms with van der Waals surface area (Å²) >= 11 is 0. The molecule has 0 radical (unpaired) electrons. The Morgan fingerprint density at radius 2 is 1.77 bits per heavy atom. The molecule has 1 N–H and O–H groups in total. The maximum Gasteiger partial charge on any atom is 0.258 e. The van der Waals surface area contributed by atoms with E-state index in [4.69, 9.17) is 9.47 Å². The smallest absolute Gasteiger partial charge is 0.258 e. The minimum absolute atomic E-state index is 0.0541. The lowest BCUT2D eigenvalue weighted by atomic mass is 10.1. The summed E-state index contributed by atoms with van der Waals surface area (Å²) in [5, 5.41) is 4.80. The highest BCUT2D eigenvalue weighted by Gasteiger charge is 2.25. The van der Waals surface area contributed by atoms with Crippen LogP contribution < -0.4 is 10.1 Å². The Morgan fingerprint density at radius 3 is 2.60 bits per heavy atom. The molecular formula is C24H24N2O4. The quantitative estimate of drug-likeness (QED) is 0.686. The summed E-state index contributed by atoms with van der Waals surface area (Å²) in [5.74, 6) is 0.164. The average Bonchev–Trinajstić information content (AvgIpc) is 2.81. The summed E-state index contributed by atoms with van der Waals surface area (Å²) in [6.07, 6.45) is -0.143. The number of nitrogens with zero attached hydrogens (tertiary/aromatic N) is 1. The summed E-state index contributed by atoms with van der Waals surface area (Å²) < 4.78 is 11.4. The third kappa shape index (κ3) is 4.96. The Morgan fingerprint density at radius 1 is 1.00 bits per heavy atom. The van der Waals surface area contributed by atoms with Crippen molar-refractivity contribution in [2.24, 2.45) is 0 Å². The third-order valence-electron chi connectivity index (χ3n) is 5.12. The van der Waals surface area contributed by atoms with Gasteiger partial charge in [-0.15, -0.1) is 0 Å². The molecule has 0 saturated carbocycles. The summed E-state index contributed by atoms with van der Waals surface area (Å²) in [5.41, 5.74) is 1.04. The molecule has 4 rings (SSSR count). The lowest BCUT2D eigenvalue weighted by Gasteiger charge is -2.33. The van der Waals surface area contributed by atoms with Gasteiger partial charge < -0.3 is 19.7 Å². The number of amides is 2. The molecule has 1 aliphatic heterocycles. The SMILES string of the molecule is O=C(COc1ccc2ccccc2c1)NCC(=O)N1CCO[C@@H](c2ccccc2)C1. The number of carbonyl (C=O) groups excluding carboxylic acids is 2. The number of hydrogen-bond donors (Lipinski definition) is 1. The molecule has 1 atom stereocenters. The zero-order valence-corrected chi connectivity index (χ0v) is 16.6. The van der Waals surface area contributed by atoms with Crippen LogP contribution in [0.3, 0.4) is 0 Å². The van der Waals surface area contributed by atoms with E-state index >= 15 is 0 Å². The van der Waals surface area contributed by atoms with Crippen molar-refractivity contribution in [1.29, 1.82) is 0 Å². The van der Waals surface area contributed by atoms with Crippen LogP contribution in [-0.4, -0.2) is 49.6 Å². The minimum Gasteiger partial charge on any atom is -0.484 e. The van der Waals surface area contributed by atoms with Crippen LogP contribution in [0.4, 0.5) is 0 Å². The number of fused-ring (bicyclic) bond motifs is 1. The first-order valence-corrected chi connectivity index (χ1v) is 10.0. The lowest BCUT2D eigenvalue weighted by molar-refractivity contribution is -0.139. The van der Waals surface area contributed by atoms with Gasteiger partial charge in [0.1, 0.15) is 11.9 Å². The van der Waals surface area contributed by atoms with Gasteiger partial charge in [-0.1, -0.05) is 60.7 Å². The molecule has 30 heavy (non-hydrogen) atoms. The van der Waals surface area contributed by atoms with Crippen LogP contribution in [0.1, 0.15) is 11.7 Å². The Balaban J connectivity index is 1.24. The fourth-order valence-corrected chi connectivity index (χ4v) is 3.49. The molecule has 6 nitrogen and oxygen atoms in total. The van der Waals surface area contributed by atoms with Crippen molar-refractivity contribution in [3.05, 3.63) is 78.4 Å². The summed E-state index contributed by atoms with van der Waals surface area (Å²) in [7, 11) is 0. The van der Waals surface area contributed by atoms with E-state index < -0.39 is 0 Å². The first-order valence-electron chi connectivity index (χ1n) is 10.0. The van der Waals surface area contributed by atoms with Crippen molar-refractivity contribution < 1.29 is 19.1 Å². The molecule has 0 aliphatic carbocycles. The van der Waals surface area contributed by atoms with E-state index in [1.165, 1.54) is 0 Å². The van der Waals surface area contributed by atoms with Crippen molar-refractivity contribution in [2.75, 3.05) is 32.8 Å². The Labute approximate surface area is 175 Å². The Bertz CT molecular complexity index is 1020. The molecule has 1 heterocycles. The van der Waals surface area contributed by atoms with Crippen LogP contribution in [0.15, 0.2) is 72.8 Å².